The van der Waals surface area contributed by atoms with E-state index in [1.54, 1.807) is 0 Å². The van der Waals surface area contributed by atoms with E-state index in [-0.39, 0.29) is 17.8 Å². The Hall–Kier alpha value is -3.17. The number of nitrogens with one attached hydrogen (secondary N) is 2. The van der Waals surface area contributed by atoms with E-state index in [2.05, 4.69) is 15.4 Å². The molecule has 0 aliphatic heterocycles. The van der Waals surface area contributed by atoms with Gasteiger partial charge in [-0.25, -0.2) is 0 Å². The largest absolute Gasteiger partial charge is 0.480 e. The predicted octanol–water partition coefficient (Wildman–Crippen LogP) is 0.383. The number of carboxylic acids is 1. The summed E-state index contributed by atoms with van der Waals surface area (Å²) in [5.41, 5.74) is -0.535. The molecule has 10 nitrogen and oxygen atoms in total. The molecule has 23 heavy (non-hydrogen) atoms. The summed E-state index contributed by atoms with van der Waals surface area (Å²) in [7, 11) is 1.16. The Morgan fingerprint density at radius 1 is 1.39 bits per heavy atom. The lowest BCUT2D eigenvalue weighted by Gasteiger charge is -2.12. The lowest BCUT2D eigenvalue weighted by molar-refractivity contribution is -0.384. The molecule has 0 aliphatic rings. The Morgan fingerprint density at radius 3 is 2.57 bits per heavy atom. The Bertz CT molecular complexity index is 644. The highest BCUT2D eigenvalue weighted by atomic mass is 16.6. The van der Waals surface area contributed by atoms with Crippen molar-refractivity contribution in [1.82, 2.24) is 5.32 Å². The molecular weight excluding hydrogens is 310 g/mol. The summed E-state index contributed by atoms with van der Waals surface area (Å²) in [5, 5.41) is 24.6. The van der Waals surface area contributed by atoms with Crippen LogP contribution in [0.4, 0.5) is 11.4 Å². The molecule has 124 valence electrons. The lowest BCUT2D eigenvalue weighted by atomic mass is 10.1. The van der Waals surface area contributed by atoms with Crippen molar-refractivity contribution in [1.29, 1.82) is 0 Å². The zero-order chi connectivity index (χ0) is 17.6. The van der Waals surface area contributed by atoms with E-state index in [9.17, 15) is 24.5 Å². The molecule has 0 fully saturated rings. The Labute approximate surface area is 130 Å². The van der Waals surface area contributed by atoms with Crippen LogP contribution >= 0.6 is 0 Å². The van der Waals surface area contributed by atoms with E-state index in [0.717, 1.165) is 13.2 Å². The third-order valence-corrected chi connectivity index (χ3v) is 2.82. The first-order valence-electron chi connectivity index (χ1n) is 6.39. The fourth-order valence-electron chi connectivity index (χ4n) is 1.57. The molecule has 1 aromatic carbocycles. The van der Waals surface area contributed by atoms with Gasteiger partial charge in [-0.2, -0.15) is 0 Å². The van der Waals surface area contributed by atoms with Gasteiger partial charge in [0.05, 0.1) is 12.0 Å². The van der Waals surface area contributed by atoms with E-state index in [1.807, 2.05) is 0 Å². The number of rotatable bonds is 7. The topological polar surface area (TPSA) is 148 Å². The van der Waals surface area contributed by atoms with Crippen LogP contribution in [-0.4, -0.2) is 47.6 Å². The first-order chi connectivity index (χ1) is 10.8. The molecule has 0 bridgehead atoms. The molecule has 0 aliphatic carbocycles. The number of anilines is 1. The maximum Gasteiger partial charge on any atom is 0.325 e. The number of hydrogen-bond acceptors (Lipinski definition) is 7. The summed E-state index contributed by atoms with van der Waals surface area (Å²) >= 11 is 0. The van der Waals surface area contributed by atoms with E-state index >= 15 is 0 Å². The summed E-state index contributed by atoms with van der Waals surface area (Å²) in [6, 6.07) is 2.44. The Kier molecular flexibility index (Phi) is 6.01. The molecule has 0 radical (unpaired) electrons. The van der Waals surface area contributed by atoms with E-state index in [1.165, 1.54) is 19.1 Å². The van der Waals surface area contributed by atoms with Gasteiger partial charge >= 0.3 is 11.9 Å². The van der Waals surface area contributed by atoms with Crippen LogP contribution < -0.4 is 10.6 Å². The highest BCUT2D eigenvalue weighted by Crippen LogP contribution is 2.26. The molecule has 1 unspecified atom stereocenters. The number of ether oxygens (including phenoxy) is 1. The number of nitro benzene ring substituents is 1. The second kappa shape index (κ2) is 7.73. The third-order valence-electron chi connectivity index (χ3n) is 2.82. The van der Waals surface area contributed by atoms with Gasteiger partial charge in [0.2, 0.25) is 0 Å². The number of amides is 1. The molecule has 1 atom stereocenters. The van der Waals surface area contributed by atoms with Crippen molar-refractivity contribution in [2.75, 3.05) is 19.0 Å². The van der Waals surface area contributed by atoms with Gasteiger partial charge < -0.3 is 20.5 Å². The number of carbonyl (C=O) groups excluding carboxylic acids is 2. The number of nitrogens with zero attached hydrogens (tertiary/aromatic N) is 1. The molecule has 0 spiro atoms. The Balaban J connectivity index is 2.99. The maximum atomic E-state index is 11.8. The highest BCUT2D eigenvalue weighted by Gasteiger charge is 2.21. The monoisotopic (exact) mass is 325 g/mol. The molecule has 1 amide bonds. The fraction of sp³-hybridized carbons (Fsp3) is 0.308. The van der Waals surface area contributed by atoms with E-state index in [0.29, 0.717) is 0 Å². The summed E-state index contributed by atoms with van der Waals surface area (Å²) in [4.78, 5) is 43.9. The van der Waals surface area contributed by atoms with Crippen LogP contribution in [0.2, 0.25) is 0 Å². The summed E-state index contributed by atoms with van der Waals surface area (Å²) < 4.78 is 4.36. The number of nitro groups is 1. The van der Waals surface area contributed by atoms with Crippen LogP contribution in [0, 0.1) is 10.1 Å². The van der Waals surface area contributed by atoms with Gasteiger partial charge in [0.25, 0.3) is 11.6 Å². The SMILES string of the molecule is COC(=O)CNC(=O)c1ccc(NC(C)C(=O)O)c([N+](=O)[O-])c1. The Morgan fingerprint density at radius 2 is 2.04 bits per heavy atom. The van der Waals surface area contributed by atoms with Crippen LogP contribution in [-0.2, 0) is 14.3 Å². The summed E-state index contributed by atoms with van der Waals surface area (Å²) in [5.74, 6) is -2.54. The number of carbonyl (C=O) groups is 3. The van der Waals surface area contributed by atoms with Gasteiger partial charge in [-0.05, 0) is 19.1 Å². The van der Waals surface area contributed by atoms with Crippen molar-refractivity contribution in [2.24, 2.45) is 0 Å². The summed E-state index contributed by atoms with van der Waals surface area (Å²) in [6.45, 7) is 0.947. The average molecular weight is 325 g/mol. The third kappa shape index (κ3) is 4.95. The van der Waals surface area contributed by atoms with Gasteiger partial charge in [0.1, 0.15) is 18.3 Å². The number of hydrogen-bond donors (Lipinski definition) is 3. The summed E-state index contributed by atoms with van der Waals surface area (Å²) in [6.07, 6.45) is 0. The van der Waals surface area contributed by atoms with Crippen LogP contribution in [0.15, 0.2) is 18.2 Å². The molecule has 10 heteroatoms. The highest BCUT2D eigenvalue weighted by molar-refractivity contribution is 5.97. The van der Waals surface area contributed by atoms with Crippen molar-refractivity contribution in [3.8, 4) is 0 Å². The average Bonchev–Trinajstić information content (AvgIpc) is 2.51. The molecule has 0 saturated carbocycles. The van der Waals surface area contributed by atoms with Gasteiger partial charge in [-0.15, -0.1) is 0 Å². The first-order valence-corrected chi connectivity index (χ1v) is 6.39. The minimum atomic E-state index is -1.18. The number of methoxy groups -OCH3 is 1. The second-order valence-electron chi connectivity index (χ2n) is 4.45. The van der Waals surface area contributed by atoms with Crippen molar-refractivity contribution in [2.45, 2.75) is 13.0 Å². The van der Waals surface area contributed by atoms with Crippen LogP contribution in [0.25, 0.3) is 0 Å². The normalized spacial score (nSPS) is 11.2. The zero-order valence-corrected chi connectivity index (χ0v) is 12.4. The first kappa shape index (κ1) is 17.9. The van der Waals surface area contributed by atoms with Crippen molar-refractivity contribution in [3.05, 3.63) is 33.9 Å². The smallest absolute Gasteiger partial charge is 0.325 e. The van der Waals surface area contributed by atoms with Gasteiger partial charge in [-0.3, -0.25) is 24.5 Å². The number of benzene rings is 1. The van der Waals surface area contributed by atoms with Crippen LogP contribution in [0.5, 0.6) is 0 Å². The molecule has 0 heterocycles. The van der Waals surface area contributed by atoms with Gasteiger partial charge in [0, 0.05) is 11.6 Å². The fourth-order valence-corrected chi connectivity index (χ4v) is 1.57. The van der Waals surface area contributed by atoms with Gasteiger partial charge in [-0.1, -0.05) is 0 Å². The van der Waals surface area contributed by atoms with E-state index in [4.69, 9.17) is 5.11 Å². The van der Waals surface area contributed by atoms with Crippen molar-refractivity contribution in [3.63, 3.8) is 0 Å². The van der Waals surface area contributed by atoms with Crippen molar-refractivity contribution < 1.29 is 29.2 Å². The number of esters is 1. The predicted molar refractivity (Wildman–Crippen MR) is 78.2 cm³/mol. The standard InChI is InChI=1S/C13H15N3O7/c1-7(13(19)20)15-9-4-3-8(5-10(9)16(21)22)12(18)14-6-11(17)23-2/h3-5,7,15H,6H2,1-2H3,(H,14,18)(H,19,20). The minimum absolute atomic E-state index is 0.0329. The molecule has 0 saturated heterocycles. The molecule has 1 rings (SSSR count). The molecular formula is C13H15N3O7. The minimum Gasteiger partial charge on any atom is -0.480 e. The zero-order valence-electron chi connectivity index (χ0n) is 12.4. The second-order valence-corrected chi connectivity index (χ2v) is 4.45. The van der Waals surface area contributed by atoms with Crippen LogP contribution in [0.1, 0.15) is 17.3 Å². The van der Waals surface area contributed by atoms with Crippen LogP contribution in [0.3, 0.4) is 0 Å². The number of aliphatic carboxylic acids is 1. The number of carboxylic acid groups (broad SMARTS) is 1. The van der Waals surface area contributed by atoms with Crippen molar-refractivity contribution >= 4 is 29.2 Å². The molecule has 0 aromatic heterocycles. The lowest BCUT2D eigenvalue weighted by Crippen LogP contribution is -2.30. The maximum absolute atomic E-state index is 11.8. The van der Waals surface area contributed by atoms with E-state index < -0.39 is 34.5 Å². The van der Waals surface area contributed by atoms with Gasteiger partial charge in [0.15, 0.2) is 0 Å². The molecule has 1 aromatic rings. The quantitative estimate of drug-likeness (QED) is 0.370. The molecule has 3 N–H and O–H groups in total.